The number of carbonyl (C=O) groups excluding carboxylic acids is 2. The first-order chi connectivity index (χ1) is 14.1. The van der Waals surface area contributed by atoms with Crippen molar-refractivity contribution in [2.24, 2.45) is 0 Å². The van der Waals surface area contributed by atoms with Crippen molar-refractivity contribution < 1.29 is 9.59 Å². The lowest BCUT2D eigenvalue weighted by molar-refractivity contribution is -0.136. The van der Waals surface area contributed by atoms with Crippen LogP contribution in [-0.4, -0.2) is 16.8 Å². The molecule has 1 atom stereocenters. The van der Waals surface area contributed by atoms with Crippen LogP contribution < -0.4 is 10.6 Å². The number of aromatic nitrogens is 1. The average Bonchev–Trinajstić information content (AvgIpc) is 3.13. The van der Waals surface area contributed by atoms with Gasteiger partial charge in [-0.15, -0.1) is 0 Å². The molecule has 0 aliphatic heterocycles. The number of rotatable bonds is 4. The SMILES string of the molecule is C[C@@H](NC(=O)C(=O)Nc1c(-c2ccccc2)[nH]c2ccccc12)c1ccccc1. The third-order valence-electron chi connectivity index (χ3n) is 4.86. The van der Waals surface area contributed by atoms with Gasteiger partial charge in [0.05, 0.1) is 17.4 Å². The molecule has 0 aliphatic rings. The average molecular weight is 383 g/mol. The van der Waals surface area contributed by atoms with Crippen molar-refractivity contribution >= 4 is 28.4 Å². The van der Waals surface area contributed by atoms with E-state index in [1.165, 1.54) is 0 Å². The molecule has 0 saturated heterocycles. The molecule has 3 N–H and O–H groups in total. The predicted molar refractivity (Wildman–Crippen MR) is 115 cm³/mol. The number of carbonyl (C=O) groups is 2. The molecule has 0 bridgehead atoms. The zero-order valence-corrected chi connectivity index (χ0v) is 16.0. The Labute approximate surface area is 168 Å². The number of benzene rings is 3. The van der Waals surface area contributed by atoms with E-state index in [0.717, 1.165) is 27.7 Å². The molecule has 1 heterocycles. The van der Waals surface area contributed by atoms with E-state index in [2.05, 4.69) is 15.6 Å². The second-order valence-corrected chi connectivity index (χ2v) is 6.85. The Morgan fingerprint density at radius 3 is 2.14 bits per heavy atom. The highest BCUT2D eigenvalue weighted by Crippen LogP contribution is 2.34. The van der Waals surface area contributed by atoms with Gasteiger partial charge >= 0.3 is 11.8 Å². The van der Waals surface area contributed by atoms with Gasteiger partial charge in [0.2, 0.25) is 0 Å². The number of fused-ring (bicyclic) bond motifs is 1. The van der Waals surface area contributed by atoms with E-state index in [-0.39, 0.29) is 6.04 Å². The van der Waals surface area contributed by atoms with E-state index in [9.17, 15) is 9.59 Å². The number of anilines is 1. The molecule has 1 aromatic heterocycles. The first-order valence-corrected chi connectivity index (χ1v) is 9.46. The molecule has 0 spiro atoms. The molecule has 5 heteroatoms. The topological polar surface area (TPSA) is 74.0 Å². The van der Waals surface area contributed by atoms with Crippen LogP contribution in [0.3, 0.4) is 0 Å². The maximum atomic E-state index is 12.7. The maximum absolute atomic E-state index is 12.7. The summed E-state index contributed by atoms with van der Waals surface area (Å²) in [5, 5.41) is 6.41. The largest absolute Gasteiger partial charge is 0.353 e. The van der Waals surface area contributed by atoms with Crippen LogP contribution in [0.2, 0.25) is 0 Å². The summed E-state index contributed by atoms with van der Waals surface area (Å²) in [5.41, 5.74) is 4.12. The summed E-state index contributed by atoms with van der Waals surface area (Å²) >= 11 is 0. The molecular weight excluding hydrogens is 362 g/mol. The van der Waals surface area contributed by atoms with E-state index in [1.54, 1.807) is 0 Å². The number of amides is 2. The van der Waals surface area contributed by atoms with Gasteiger partial charge in [0, 0.05) is 16.5 Å². The third kappa shape index (κ3) is 3.89. The molecule has 0 unspecified atom stereocenters. The summed E-state index contributed by atoms with van der Waals surface area (Å²) in [5.74, 6) is -1.37. The summed E-state index contributed by atoms with van der Waals surface area (Å²) in [7, 11) is 0. The van der Waals surface area contributed by atoms with Crippen molar-refractivity contribution in [2.75, 3.05) is 5.32 Å². The number of para-hydroxylation sites is 1. The van der Waals surface area contributed by atoms with Gasteiger partial charge in [-0.3, -0.25) is 9.59 Å². The van der Waals surface area contributed by atoms with Crippen molar-refractivity contribution in [2.45, 2.75) is 13.0 Å². The highest BCUT2D eigenvalue weighted by molar-refractivity contribution is 6.40. The number of hydrogen-bond acceptors (Lipinski definition) is 2. The number of aromatic amines is 1. The Kier molecular flexibility index (Phi) is 5.12. The first kappa shape index (κ1) is 18.5. The van der Waals surface area contributed by atoms with Crippen molar-refractivity contribution in [1.82, 2.24) is 10.3 Å². The van der Waals surface area contributed by atoms with Gasteiger partial charge in [-0.05, 0) is 18.6 Å². The van der Waals surface area contributed by atoms with Crippen LogP contribution in [0.4, 0.5) is 5.69 Å². The Bertz CT molecular complexity index is 1150. The van der Waals surface area contributed by atoms with Crippen LogP contribution >= 0.6 is 0 Å². The highest BCUT2D eigenvalue weighted by atomic mass is 16.2. The number of H-pyrrole nitrogens is 1. The van der Waals surface area contributed by atoms with Crippen LogP contribution in [0.15, 0.2) is 84.9 Å². The van der Waals surface area contributed by atoms with Crippen LogP contribution in [-0.2, 0) is 9.59 Å². The summed E-state index contributed by atoms with van der Waals surface area (Å²) < 4.78 is 0. The zero-order valence-electron chi connectivity index (χ0n) is 16.0. The number of hydrogen-bond donors (Lipinski definition) is 3. The second-order valence-electron chi connectivity index (χ2n) is 6.85. The molecule has 3 aromatic carbocycles. The molecule has 0 radical (unpaired) electrons. The lowest BCUT2D eigenvalue weighted by Gasteiger charge is -2.14. The quantitative estimate of drug-likeness (QED) is 0.449. The molecule has 0 aliphatic carbocycles. The fraction of sp³-hybridized carbons (Fsp3) is 0.0833. The molecule has 0 fully saturated rings. The van der Waals surface area contributed by atoms with Crippen LogP contribution in [0.5, 0.6) is 0 Å². The molecule has 4 rings (SSSR count). The van der Waals surface area contributed by atoms with Crippen molar-refractivity contribution in [1.29, 1.82) is 0 Å². The monoisotopic (exact) mass is 383 g/mol. The molecule has 144 valence electrons. The van der Waals surface area contributed by atoms with Crippen LogP contribution in [0.1, 0.15) is 18.5 Å². The van der Waals surface area contributed by atoms with Gasteiger partial charge in [-0.25, -0.2) is 0 Å². The lowest BCUT2D eigenvalue weighted by Crippen LogP contribution is -2.36. The summed E-state index contributed by atoms with van der Waals surface area (Å²) in [4.78, 5) is 28.5. The van der Waals surface area contributed by atoms with Crippen molar-refractivity contribution in [3.05, 3.63) is 90.5 Å². The van der Waals surface area contributed by atoms with Crippen LogP contribution in [0, 0.1) is 0 Å². The molecule has 5 nitrogen and oxygen atoms in total. The maximum Gasteiger partial charge on any atom is 0.313 e. The number of nitrogens with one attached hydrogen (secondary N) is 3. The second kappa shape index (κ2) is 8.02. The molecule has 29 heavy (non-hydrogen) atoms. The minimum Gasteiger partial charge on any atom is -0.353 e. The standard InChI is InChI=1S/C24H21N3O2/c1-16(17-10-4-2-5-11-17)25-23(28)24(29)27-22-19-14-8-9-15-20(19)26-21(22)18-12-6-3-7-13-18/h2-16,26H,1H3,(H,25,28)(H,27,29)/t16-/m1/s1. The van der Waals surface area contributed by atoms with Gasteiger partial charge in [0.1, 0.15) is 0 Å². The van der Waals surface area contributed by atoms with E-state index in [4.69, 9.17) is 0 Å². The minimum absolute atomic E-state index is 0.272. The van der Waals surface area contributed by atoms with Gasteiger partial charge in [0.25, 0.3) is 0 Å². The Morgan fingerprint density at radius 1 is 0.793 bits per heavy atom. The lowest BCUT2D eigenvalue weighted by atomic mass is 10.1. The smallest absolute Gasteiger partial charge is 0.313 e. The predicted octanol–water partition coefficient (Wildman–Crippen LogP) is 4.65. The van der Waals surface area contributed by atoms with Gasteiger partial charge in [0.15, 0.2) is 0 Å². The van der Waals surface area contributed by atoms with E-state index >= 15 is 0 Å². The van der Waals surface area contributed by atoms with E-state index in [0.29, 0.717) is 5.69 Å². The van der Waals surface area contributed by atoms with Crippen molar-refractivity contribution in [3.8, 4) is 11.3 Å². The molecular formula is C24H21N3O2. The summed E-state index contributed by atoms with van der Waals surface area (Å²) in [6, 6.07) is 26.6. The zero-order chi connectivity index (χ0) is 20.2. The highest BCUT2D eigenvalue weighted by Gasteiger charge is 2.21. The normalized spacial score (nSPS) is 11.8. The molecule has 2 amide bonds. The molecule has 0 saturated carbocycles. The van der Waals surface area contributed by atoms with Gasteiger partial charge in [-0.2, -0.15) is 0 Å². The first-order valence-electron chi connectivity index (χ1n) is 9.46. The van der Waals surface area contributed by atoms with Crippen molar-refractivity contribution in [3.63, 3.8) is 0 Å². The molecule has 4 aromatic rings. The van der Waals surface area contributed by atoms with E-state index in [1.807, 2.05) is 91.9 Å². The fourth-order valence-corrected chi connectivity index (χ4v) is 3.35. The Balaban J connectivity index is 1.60. The van der Waals surface area contributed by atoms with Gasteiger partial charge in [-0.1, -0.05) is 78.9 Å². The fourth-order valence-electron chi connectivity index (χ4n) is 3.35. The van der Waals surface area contributed by atoms with E-state index < -0.39 is 11.8 Å². The summed E-state index contributed by atoms with van der Waals surface area (Å²) in [6.07, 6.45) is 0. The Morgan fingerprint density at radius 2 is 1.41 bits per heavy atom. The minimum atomic E-state index is -0.699. The summed E-state index contributed by atoms with van der Waals surface area (Å²) in [6.45, 7) is 1.85. The third-order valence-corrected chi connectivity index (χ3v) is 4.86. The Hall–Kier alpha value is -3.86. The van der Waals surface area contributed by atoms with Crippen LogP contribution in [0.25, 0.3) is 22.2 Å². The van der Waals surface area contributed by atoms with Gasteiger partial charge < -0.3 is 15.6 Å².